The summed E-state index contributed by atoms with van der Waals surface area (Å²) in [4.78, 5) is 14.4. The minimum absolute atomic E-state index is 0.0489. The van der Waals surface area contributed by atoms with E-state index in [1.54, 1.807) is 0 Å². The van der Waals surface area contributed by atoms with Crippen LogP contribution in [0, 0.1) is 5.82 Å². The van der Waals surface area contributed by atoms with Gasteiger partial charge in [-0.2, -0.15) is 8.78 Å². The Balaban J connectivity index is 1.99. The van der Waals surface area contributed by atoms with Crippen molar-refractivity contribution in [2.24, 2.45) is 0 Å². The molecular formula is C16H21F3N2O3. The standard InChI is InChI=1S/C16H21F3N2O3/c1-10(21-5-6-23-9-11(21)2)8-20-15(22)13-4-3-12(17)7-14(13)24-16(18)19/h3-4,7,10-11,16H,5-6,8-9H2,1-2H3,(H,20,22)/t10-,11+/m0/s1. The van der Waals surface area contributed by atoms with Crippen LogP contribution >= 0.6 is 0 Å². The van der Waals surface area contributed by atoms with E-state index >= 15 is 0 Å². The number of rotatable bonds is 6. The van der Waals surface area contributed by atoms with Gasteiger partial charge in [-0.1, -0.05) is 0 Å². The van der Waals surface area contributed by atoms with Gasteiger partial charge in [0, 0.05) is 31.2 Å². The average molecular weight is 346 g/mol. The van der Waals surface area contributed by atoms with Crippen molar-refractivity contribution in [2.75, 3.05) is 26.3 Å². The van der Waals surface area contributed by atoms with Gasteiger partial charge in [0.1, 0.15) is 11.6 Å². The molecule has 0 aromatic heterocycles. The van der Waals surface area contributed by atoms with Crippen molar-refractivity contribution in [3.63, 3.8) is 0 Å². The van der Waals surface area contributed by atoms with Gasteiger partial charge in [-0.3, -0.25) is 9.69 Å². The summed E-state index contributed by atoms with van der Waals surface area (Å²) in [5.74, 6) is -1.81. The number of nitrogens with one attached hydrogen (secondary N) is 1. The molecule has 1 N–H and O–H groups in total. The molecule has 1 aliphatic rings. The zero-order valence-corrected chi connectivity index (χ0v) is 13.6. The molecule has 1 aromatic carbocycles. The van der Waals surface area contributed by atoms with E-state index < -0.39 is 24.1 Å². The minimum atomic E-state index is -3.13. The fraction of sp³-hybridized carbons (Fsp3) is 0.562. The van der Waals surface area contributed by atoms with E-state index in [2.05, 4.69) is 15.0 Å². The Morgan fingerprint density at radius 2 is 2.25 bits per heavy atom. The zero-order chi connectivity index (χ0) is 17.7. The quantitative estimate of drug-likeness (QED) is 0.859. The molecule has 1 amide bonds. The third kappa shape index (κ3) is 4.85. The Hall–Kier alpha value is -1.80. The normalized spacial score (nSPS) is 20.0. The van der Waals surface area contributed by atoms with Crippen LogP contribution < -0.4 is 10.1 Å². The van der Waals surface area contributed by atoms with Crippen LogP contribution in [-0.4, -0.2) is 55.8 Å². The summed E-state index contributed by atoms with van der Waals surface area (Å²) in [6.07, 6.45) is 0. The molecule has 2 atom stereocenters. The first kappa shape index (κ1) is 18.5. The zero-order valence-electron chi connectivity index (χ0n) is 13.6. The first-order valence-corrected chi connectivity index (χ1v) is 7.74. The summed E-state index contributed by atoms with van der Waals surface area (Å²) in [7, 11) is 0. The van der Waals surface area contributed by atoms with Crippen LogP contribution in [0.15, 0.2) is 18.2 Å². The molecule has 0 aliphatic carbocycles. The summed E-state index contributed by atoms with van der Waals surface area (Å²) in [5, 5.41) is 2.68. The monoisotopic (exact) mass is 346 g/mol. The molecule has 0 bridgehead atoms. The van der Waals surface area contributed by atoms with Gasteiger partial charge in [0.25, 0.3) is 5.91 Å². The fourth-order valence-corrected chi connectivity index (χ4v) is 2.72. The number of halogens is 3. The molecule has 0 spiro atoms. The average Bonchev–Trinajstić information content (AvgIpc) is 2.52. The molecule has 0 unspecified atom stereocenters. The van der Waals surface area contributed by atoms with E-state index in [0.29, 0.717) is 19.8 Å². The molecule has 0 radical (unpaired) electrons. The molecular weight excluding hydrogens is 325 g/mol. The van der Waals surface area contributed by atoms with E-state index in [4.69, 9.17) is 4.74 Å². The lowest BCUT2D eigenvalue weighted by atomic mass is 10.1. The van der Waals surface area contributed by atoms with Gasteiger partial charge in [-0.05, 0) is 26.0 Å². The summed E-state index contributed by atoms with van der Waals surface area (Å²) in [5.41, 5.74) is -0.126. The number of morpholine rings is 1. The van der Waals surface area contributed by atoms with Crippen LogP contribution in [0.1, 0.15) is 24.2 Å². The minimum Gasteiger partial charge on any atom is -0.434 e. The van der Waals surface area contributed by atoms with Crippen molar-refractivity contribution in [1.29, 1.82) is 0 Å². The molecule has 1 aromatic rings. The molecule has 2 rings (SSSR count). The summed E-state index contributed by atoms with van der Waals surface area (Å²) in [6, 6.07) is 3.21. The summed E-state index contributed by atoms with van der Waals surface area (Å²) < 4.78 is 47.6. The Morgan fingerprint density at radius 1 is 1.50 bits per heavy atom. The van der Waals surface area contributed by atoms with Crippen molar-refractivity contribution < 1.29 is 27.4 Å². The van der Waals surface area contributed by atoms with Gasteiger partial charge in [-0.25, -0.2) is 4.39 Å². The molecule has 134 valence electrons. The van der Waals surface area contributed by atoms with Crippen molar-refractivity contribution in [2.45, 2.75) is 32.5 Å². The number of hydrogen-bond donors (Lipinski definition) is 1. The predicted molar refractivity (Wildman–Crippen MR) is 81.8 cm³/mol. The van der Waals surface area contributed by atoms with Crippen molar-refractivity contribution in [1.82, 2.24) is 10.2 Å². The van der Waals surface area contributed by atoms with E-state index in [1.807, 2.05) is 13.8 Å². The first-order chi connectivity index (χ1) is 11.4. The van der Waals surface area contributed by atoms with Crippen molar-refractivity contribution >= 4 is 5.91 Å². The van der Waals surface area contributed by atoms with E-state index in [0.717, 1.165) is 24.7 Å². The molecule has 1 fully saturated rings. The summed E-state index contributed by atoms with van der Waals surface area (Å²) in [6.45, 7) is 3.21. The highest BCUT2D eigenvalue weighted by atomic mass is 19.3. The lowest BCUT2D eigenvalue weighted by Gasteiger charge is -2.37. The maximum absolute atomic E-state index is 13.2. The lowest BCUT2D eigenvalue weighted by molar-refractivity contribution is -0.0503. The van der Waals surface area contributed by atoms with Gasteiger partial charge >= 0.3 is 6.61 Å². The van der Waals surface area contributed by atoms with Gasteiger partial charge < -0.3 is 14.8 Å². The number of ether oxygens (including phenoxy) is 2. The predicted octanol–water partition coefficient (Wildman–Crippen LogP) is 2.27. The Bertz CT molecular complexity index is 571. The van der Waals surface area contributed by atoms with E-state index in [1.165, 1.54) is 0 Å². The summed E-state index contributed by atoms with van der Waals surface area (Å²) >= 11 is 0. The van der Waals surface area contributed by atoms with Crippen LogP contribution in [0.2, 0.25) is 0 Å². The van der Waals surface area contributed by atoms with Gasteiger partial charge in [0.05, 0.1) is 18.8 Å². The second kappa shape index (κ2) is 8.34. The number of hydrogen-bond acceptors (Lipinski definition) is 4. The van der Waals surface area contributed by atoms with E-state index in [-0.39, 0.29) is 17.6 Å². The van der Waals surface area contributed by atoms with Gasteiger partial charge in [0.15, 0.2) is 0 Å². The van der Waals surface area contributed by atoms with Crippen LogP contribution in [0.3, 0.4) is 0 Å². The first-order valence-electron chi connectivity index (χ1n) is 7.74. The topological polar surface area (TPSA) is 50.8 Å². The molecule has 5 nitrogen and oxygen atoms in total. The van der Waals surface area contributed by atoms with Crippen LogP contribution in [-0.2, 0) is 4.74 Å². The largest absolute Gasteiger partial charge is 0.434 e. The number of carbonyl (C=O) groups is 1. The smallest absolute Gasteiger partial charge is 0.387 e. The third-order valence-corrected chi connectivity index (χ3v) is 3.95. The molecule has 8 heteroatoms. The molecule has 0 saturated carbocycles. The highest BCUT2D eigenvalue weighted by Gasteiger charge is 2.24. The molecule has 1 heterocycles. The Kier molecular flexibility index (Phi) is 6.44. The number of carbonyl (C=O) groups excluding carboxylic acids is 1. The SMILES string of the molecule is C[C@@H]1COCCN1[C@@H](C)CNC(=O)c1ccc(F)cc1OC(F)F. The maximum atomic E-state index is 13.2. The second-order valence-corrected chi connectivity index (χ2v) is 5.74. The van der Waals surface area contributed by atoms with Gasteiger partial charge in [0.2, 0.25) is 0 Å². The van der Waals surface area contributed by atoms with E-state index in [9.17, 15) is 18.0 Å². The Morgan fingerprint density at radius 3 is 2.92 bits per heavy atom. The number of nitrogens with zero attached hydrogens (tertiary/aromatic N) is 1. The Labute approximate surface area is 138 Å². The maximum Gasteiger partial charge on any atom is 0.387 e. The highest BCUT2D eigenvalue weighted by Crippen LogP contribution is 2.22. The number of amides is 1. The number of alkyl halides is 2. The molecule has 1 saturated heterocycles. The fourth-order valence-electron chi connectivity index (χ4n) is 2.72. The van der Waals surface area contributed by atoms with Crippen molar-refractivity contribution in [3.05, 3.63) is 29.6 Å². The second-order valence-electron chi connectivity index (χ2n) is 5.74. The van der Waals surface area contributed by atoms with Gasteiger partial charge in [-0.15, -0.1) is 0 Å². The lowest BCUT2D eigenvalue weighted by Crippen LogP contribution is -2.51. The number of benzene rings is 1. The highest BCUT2D eigenvalue weighted by molar-refractivity contribution is 5.96. The van der Waals surface area contributed by atoms with Crippen LogP contribution in [0.5, 0.6) is 5.75 Å². The molecule has 24 heavy (non-hydrogen) atoms. The van der Waals surface area contributed by atoms with Crippen LogP contribution in [0.25, 0.3) is 0 Å². The van der Waals surface area contributed by atoms with Crippen LogP contribution in [0.4, 0.5) is 13.2 Å². The van der Waals surface area contributed by atoms with Crippen molar-refractivity contribution in [3.8, 4) is 5.75 Å². The third-order valence-electron chi connectivity index (χ3n) is 3.95. The molecule has 1 aliphatic heterocycles.